The number of amides is 1. The van der Waals surface area contributed by atoms with E-state index in [1.54, 1.807) is 12.1 Å². The largest absolute Gasteiger partial charge is 0.379 e. The number of hydrogen-bond acceptors (Lipinski definition) is 3. The summed E-state index contributed by atoms with van der Waals surface area (Å²) in [4.78, 5) is 16.2. The van der Waals surface area contributed by atoms with Crippen molar-refractivity contribution in [2.75, 3.05) is 11.9 Å². The van der Waals surface area contributed by atoms with Gasteiger partial charge >= 0.3 is 0 Å². The highest BCUT2D eigenvalue weighted by atomic mass is 35.5. The fourth-order valence-corrected chi connectivity index (χ4v) is 2.47. The van der Waals surface area contributed by atoms with Crippen molar-refractivity contribution in [3.05, 3.63) is 65.1 Å². The van der Waals surface area contributed by atoms with Crippen LogP contribution in [0, 0.1) is 0 Å². The number of carbonyl (C=O) groups is 1. The zero-order chi connectivity index (χ0) is 16.2. The van der Waals surface area contributed by atoms with Crippen LogP contribution in [0.15, 0.2) is 48.8 Å². The van der Waals surface area contributed by atoms with Crippen molar-refractivity contribution in [3.63, 3.8) is 0 Å². The standard InChI is InChI=1S/C17H17ClN4O/c1-2-19-17(23)12-3-6-14(7-4-12)20-9-15-11-22-10-13(18)5-8-16(22)21-15/h3-8,10-11,20H,2,9H2,1H3,(H,19,23). The van der Waals surface area contributed by atoms with E-state index in [-0.39, 0.29) is 5.91 Å². The molecule has 0 saturated carbocycles. The number of hydrogen-bond donors (Lipinski definition) is 2. The average molecular weight is 329 g/mol. The lowest BCUT2D eigenvalue weighted by Gasteiger charge is -2.06. The Balaban J connectivity index is 1.66. The summed E-state index contributed by atoms with van der Waals surface area (Å²) < 4.78 is 1.90. The molecule has 3 aromatic rings. The second-order valence-corrected chi connectivity index (χ2v) is 5.57. The van der Waals surface area contributed by atoms with E-state index in [1.807, 2.05) is 48.0 Å². The average Bonchev–Trinajstić information content (AvgIpc) is 2.95. The van der Waals surface area contributed by atoms with Gasteiger partial charge in [0.05, 0.1) is 17.3 Å². The van der Waals surface area contributed by atoms with E-state index in [4.69, 9.17) is 11.6 Å². The molecule has 2 N–H and O–H groups in total. The van der Waals surface area contributed by atoms with Crippen LogP contribution in [0.1, 0.15) is 23.0 Å². The quantitative estimate of drug-likeness (QED) is 0.755. The SMILES string of the molecule is CCNC(=O)c1ccc(NCc2cn3cc(Cl)ccc3n2)cc1. The molecule has 23 heavy (non-hydrogen) atoms. The highest BCUT2D eigenvalue weighted by molar-refractivity contribution is 6.30. The number of halogens is 1. The van der Waals surface area contributed by atoms with Crippen molar-refractivity contribution in [2.45, 2.75) is 13.5 Å². The van der Waals surface area contributed by atoms with Gasteiger partial charge in [0.1, 0.15) is 5.65 Å². The minimum atomic E-state index is -0.0590. The molecule has 0 aliphatic heterocycles. The molecule has 3 rings (SSSR count). The maximum atomic E-state index is 11.7. The predicted molar refractivity (Wildman–Crippen MR) is 92.0 cm³/mol. The van der Waals surface area contributed by atoms with Gasteiger partial charge in [0.25, 0.3) is 5.91 Å². The highest BCUT2D eigenvalue weighted by Crippen LogP contribution is 2.14. The Labute approximate surface area is 139 Å². The number of rotatable bonds is 5. The smallest absolute Gasteiger partial charge is 0.251 e. The minimum absolute atomic E-state index is 0.0590. The lowest BCUT2D eigenvalue weighted by atomic mass is 10.2. The second-order valence-electron chi connectivity index (χ2n) is 5.14. The van der Waals surface area contributed by atoms with Crippen molar-refractivity contribution in [1.29, 1.82) is 0 Å². The van der Waals surface area contributed by atoms with Crippen LogP contribution in [-0.2, 0) is 6.54 Å². The van der Waals surface area contributed by atoms with Gasteiger partial charge in [-0.15, -0.1) is 0 Å². The maximum absolute atomic E-state index is 11.7. The minimum Gasteiger partial charge on any atom is -0.379 e. The molecule has 0 aliphatic carbocycles. The first kappa shape index (κ1) is 15.4. The molecule has 0 radical (unpaired) electrons. The van der Waals surface area contributed by atoms with Crippen LogP contribution in [0.3, 0.4) is 0 Å². The van der Waals surface area contributed by atoms with Gasteiger partial charge in [-0.05, 0) is 43.3 Å². The third-order valence-corrected chi connectivity index (χ3v) is 3.65. The first-order valence-corrected chi connectivity index (χ1v) is 7.79. The summed E-state index contributed by atoms with van der Waals surface area (Å²) in [7, 11) is 0. The van der Waals surface area contributed by atoms with Crippen LogP contribution in [0.4, 0.5) is 5.69 Å². The van der Waals surface area contributed by atoms with Crippen molar-refractivity contribution in [1.82, 2.24) is 14.7 Å². The number of aromatic nitrogens is 2. The molecule has 6 heteroatoms. The molecule has 0 spiro atoms. The van der Waals surface area contributed by atoms with Gasteiger partial charge in [0, 0.05) is 30.2 Å². The molecule has 1 aromatic carbocycles. The third-order valence-electron chi connectivity index (χ3n) is 3.42. The Morgan fingerprint density at radius 2 is 1.96 bits per heavy atom. The van der Waals surface area contributed by atoms with E-state index < -0.39 is 0 Å². The lowest BCUT2D eigenvalue weighted by Crippen LogP contribution is -2.22. The van der Waals surface area contributed by atoms with Gasteiger partial charge in [0.15, 0.2) is 0 Å². The monoisotopic (exact) mass is 328 g/mol. The van der Waals surface area contributed by atoms with E-state index >= 15 is 0 Å². The van der Waals surface area contributed by atoms with Crippen LogP contribution in [0.5, 0.6) is 0 Å². The molecule has 2 aromatic heterocycles. The summed E-state index contributed by atoms with van der Waals surface area (Å²) in [6.45, 7) is 3.12. The summed E-state index contributed by atoms with van der Waals surface area (Å²) in [6, 6.07) is 11.1. The fraction of sp³-hybridized carbons (Fsp3) is 0.176. The summed E-state index contributed by atoms with van der Waals surface area (Å²) in [6.07, 6.45) is 3.77. The van der Waals surface area contributed by atoms with Crippen LogP contribution in [0.2, 0.25) is 5.02 Å². The molecule has 5 nitrogen and oxygen atoms in total. The zero-order valence-electron chi connectivity index (χ0n) is 12.7. The van der Waals surface area contributed by atoms with Crippen LogP contribution >= 0.6 is 11.6 Å². The molecular weight excluding hydrogens is 312 g/mol. The summed E-state index contributed by atoms with van der Waals surface area (Å²) >= 11 is 5.97. The number of carbonyl (C=O) groups excluding carboxylic acids is 1. The molecule has 0 fully saturated rings. The van der Waals surface area contributed by atoms with Gasteiger partial charge in [-0.2, -0.15) is 0 Å². The number of imidazole rings is 1. The highest BCUT2D eigenvalue weighted by Gasteiger charge is 2.05. The molecule has 0 atom stereocenters. The predicted octanol–water partition coefficient (Wildman–Crippen LogP) is 3.35. The van der Waals surface area contributed by atoms with E-state index in [1.165, 1.54) is 0 Å². The van der Waals surface area contributed by atoms with E-state index in [2.05, 4.69) is 15.6 Å². The molecule has 0 saturated heterocycles. The van der Waals surface area contributed by atoms with Gasteiger partial charge in [-0.25, -0.2) is 4.98 Å². The molecule has 118 valence electrons. The first-order chi connectivity index (χ1) is 11.2. The number of benzene rings is 1. The van der Waals surface area contributed by atoms with E-state index in [0.29, 0.717) is 23.7 Å². The van der Waals surface area contributed by atoms with Crippen LogP contribution in [-0.4, -0.2) is 21.8 Å². The maximum Gasteiger partial charge on any atom is 0.251 e. The Bertz CT molecular complexity index is 826. The number of pyridine rings is 1. The topological polar surface area (TPSA) is 58.4 Å². The Hall–Kier alpha value is -2.53. The van der Waals surface area contributed by atoms with E-state index in [9.17, 15) is 4.79 Å². The first-order valence-electron chi connectivity index (χ1n) is 7.41. The summed E-state index contributed by atoms with van der Waals surface area (Å²) in [5.41, 5.74) is 3.37. The van der Waals surface area contributed by atoms with Crippen LogP contribution in [0.25, 0.3) is 5.65 Å². The number of fused-ring (bicyclic) bond motifs is 1. The van der Waals surface area contributed by atoms with Crippen molar-refractivity contribution in [3.8, 4) is 0 Å². The van der Waals surface area contributed by atoms with Crippen LogP contribution < -0.4 is 10.6 Å². The normalized spacial score (nSPS) is 10.7. The molecule has 0 aliphatic rings. The lowest BCUT2D eigenvalue weighted by molar-refractivity contribution is 0.0956. The second kappa shape index (κ2) is 6.71. The number of nitrogens with zero attached hydrogens (tertiary/aromatic N) is 2. The molecule has 2 heterocycles. The van der Waals surface area contributed by atoms with Gasteiger partial charge in [-0.1, -0.05) is 11.6 Å². The van der Waals surface area contributed by atoms with Crippen molar-refractivity contribution >= 4 is 28.8 Å². The summed E-state index contributed by atoms with van der Waals surface area (Å²) in [5, 5.41) is 6.75. The van der Waals surface area contributed by atoms with Gasteiger partial charge < -0.3 is 15.0 Å². The number of anilines is 1. The third kappa shape index (κ3) is 3.63. The van der Waals surface area contributed by atoms with Gasteiger partial charge in [0.2, 0.25) is 0 Å². The molecule has 0 unspecified atom stereocenters. The van der Waals surface area contributed by atoms with Crippen molar-refractivity contribution < 1.29 is 4.79 Å². The van der Waals surface area contributed by atoms with E-state index in [0.717, 1.165) is 17.0 Å². The Kier molecular flexibility index (Phi) is 4.48. The Morgan fingerprint density at radius 3 is 2.70 bits per heavy atom. The fourth-order valence-electron chi connectivity index (χ4n) is 2.30. The van der Waals surface area contributed by atoms with Crippen molar-refractivity contribution in [2.24, 2.45) is 0 Å². The van der Waals surface area contributed by atoms with Gasteiger partial charge in [-0.3, -0.25) is 4.79 Å². The molecule has 0 bridgehead atoms. The Morgan fingerprint density at radius 1 is 1.17 bits per heavy atom. The number of nitrogens with one attached hydrogen (secondary N) is 2. The summed E-state index contributed by atoms with van der Waals surface area (Å²) in [5.74, 6) is -0.0590. The zero-order valence-corrected chi connectivity index (χ0v) is 13.5. The molecular formula is C17H17ClN4O. The molecule has 1 amide bonds.